The molecule has 0 saturated carbocycles. The van der Waals surface area contributed by atoms with E-state index in [9.17, 15) is 9.18 Å². The first-order valence-corrected chi connectivity index (χ1v) is 15.7. The number of hydrogen-bond acceptors (Lipinski definition) is 7. The zero-order valence-corrected chi connectivity index (χ0v) is 27.1. The Hall–Kier alpha value is -5.29. The Bertz CT molecular complexity index is 2200. The van der Waals surface area contributed by atoms with Gasteiger partial charge in [-0.05, 0) is 60.5 Å². The number of imidazole rings is 1. The van der Waals surface area contributed by atoms with Gasteiger partial charge in [-0.2, -0.15) is 0 Å². The van der Waals surface area contributed by atoms with Crippen LogP contribution in [-0.4, -0.2) is 37.4 Å². The van der Waals surface area contributed by atoms with E-state index in [1.54, 1.807) is 61.8 Å². The van der Waals surface area contributed by atoms with Gasteiger partial charge in [0.25, 0.3) is 5.79 Å². The van der Waals surface area contributed by atoms with E-state index in [1.165, 1.54) is 25.3 Å². The van der Waals surface area contributed by atoms with Gasteiger partial charge in [-0.1, -0.05) is 42.8 Å². The summed E-state index contributed by atoms with van der Waals surface area (Å²) < 4.78 is 52.0. The lowest BCUT2D eigenvalue weighted by Crippen LogP contribution is -2.32. The van der Waals surface area contributed by atoms with Crippen molar-refractivity contribution in [3.05, 3.63) is 124 Å². The highest BCUT2D eigenvalue weighted by Gasteiger charge is 2.42. The van der Waals surface area contributed by atoms with Crippen molar-refractivity contribution < 1.29 is 27.8 Å². The standard InChI is InChI=1S/C36H30ClF2N5O4/c1-4-14-43-20-40-42-33(43)19-44-30-17-22(35(45)46-3)9-13-29(30)41-32(44)16-21-8-11-24(27(38)15-21)25-6-5-7-31-34(25)48-36(2,47-31)26-12-10-23(37)18-28(26)39/h5-13,15,17-18,20H,4,14,16,19H2,1-3H3. The van der Waals surface area contributed by atoms with Crippen LogP contribution < -0.4 is 9.47 Å². The number of ether oxygens (including phenoxy) is 3. The Morgan fingerprint density at radius 2 is 1.83 bits per heavy atom. The highest BCUT2D eigenvalue weighted by atomic mass is 35.5. The molecule has 12 heteroatoms. The van der Waals surface area contributed by atoms with Crippen LogP contribution in [0.4, 0.5) is 8.78 Å². The summed E-state index contributed by atoms with van der Waals surface area (Å²) in [6, 6.07) is 19.6. The zero-order chi connectivity index (χ0) is 33.6. The number of benzene rings is 4. The fraction of sp³-hybridized carbons (Fsp3) is 0.222. The molecule has 0 N–H and O–H groups in total. The SMILES string of the molecule is CCCn1cnnc1Cn1c(Cc2ccc(-c3cccc4c3OC(C)(c3ccc(Cl)cc3F)O4)c(F)c2)nc2ccc(C(=O)OC)cc21. The molecule has 9 nitrogen and oxygen atoms in total. The molecule has 0 radical (unpaired) electrons. The summed E-state index contributed by atoms with van der Waals surface area (Å²) in [6.07, 6.45) is 2.89. The molecule has 244 valence electrons. The van der Waals surface area contributed by atoms with Gasteiger partial charge < -0.3 is 23.3 Å². The van der Waals surface area contributed by atoms with E-state index in [0.717, 1.165) is 18.8 Å². The Balaban J connectivity index is 1.22. The third-order valence-electron chi connectivity index (χ3n) is 8.39. The topological polar surface area (TPSA) is 93.3 Å². The van der Waals surface area contributed by atoms with Gasteiger partial charge in [-0.25, -0.2) is 18.6 Å². The molecule has 1 atom stereocenters. The second-order valence-electron chi connectivity index (χ2n) is 11.6. The first kappa shape index (κ1) is 31.3. The number of aryl methyl sites for hydroxylation is 1. The van der Waals surface area contributed by atoms with E-state index in [4.69, 9.17) is 30.8 Å². The van der Waals surface area contributed by atoms with Crippen LogP contribution in [0.5, 0.6) is 11.5 Å². The molecule has 3 heterocycles. The van der Waals surface area contributed by atoms with Crippen molar-refractivity contribution in [1.82, 2.24) is 24.3 Å². The third kappa shape index (κ3) is 5.64. The van der Waals surface area contributed by atoms with Crippen molar-refractivity contribution in [3.63, 3.8) is 0 Å². The normalized spacial score (nSPS) is 15.3. The van der Waals surface area contributed by atoms with Crippen molar-refractivity contribution in [3.8, 4) is 22.6 Å². The Labute approximate surface area is 279 Å². The molecule has 0 aliphatic carbocycles. The maximum atomic E-state index is 16.0. The van der Waals surface area contributed by atoms with Gasteiger partial charge in [0.2, 0.25) is 0 Å². The molecular formula is C36H30ClF2N5O4. The summed E-state index contributed by atoms with van der Waals surface area (Å²) in [5.74, 6) is -0.932. The molecule has 0 saturated heterocycles. The van der Waals surface area contributed by atoms with Crippen LogP contribution in [-0.2, 0) is 30.0 Å². The van der Waals surface area contributed by atoms with Gasteiger partial charge in [-0.3, -0.25) is 0 Å². The molecule has 6 aromatic rings. The summed E-state index contributed by atoms with van der Waals surface area (Å²) in [5.41, 5.74) is 3.38. The summed E-state index contributed by atoms with van der Waals surface area (Å²) in [4.78, 5) is 17.2. The Morgan fingerprint density at radius 1 is 0.979 bits per heavy atom. The van der Waals surface area contributed by atoms with Gasteiger partial charge >= 0.3 is 5.97 Å². The van der Waals surface area contributed by atoms with Gasteiger partial charge in [0, 0.05) is 36.0 Å². The van der Waals surface area contributed by atoms with Gasteiger partial charge in [0.1, 0.15) is 23.8 Å². The number of carbonyl (C=O) groups is 1. The molecule has 4 aromatic carbocycles. The largest absolute Gasteiger partial charge is 0.465 e. The number of methoxy groups -OCH3 is 1. The number of aromatic nitrogens is 5. The number of para-hydroxylation sites is 1. The molecule has 1 unspecified atom stereocenters. The molecule has 48 heavy (non-hydrogen) atoms. The lowest BCUT2D eigenvalue weighted by molar-refractivity contribution is -0.0705. The van der Waals surface area contributed by atoms with Gasteiger partial charge in [0.05, 0.1) is 35.8 Å². The molecule has 2 aromatic heterocycles. The van der Waals surface area contributed by atoms with Crippen LogP contribution in [0.1, 0.15) is 53.4 Å². The van der Waals surface area contributed by atoms with E-state index in [-0.39, 0.29) is 10.6 Å². The minimum Gasteiger partial charge on any atom is -0.465 e. The monoisotopic (exact) mass is 669 g/mol. The van der Waals surface area contributed by atoms with Crippen LogP contribution in [0.15, 0.2) is 79.1 Å². The predicted molar refractivity (Wildman–Crippen MR) is 175 cm³/mol. The van der Waals surface area contributed by atoms with E-state index >= 15 is 4.39 Å². The van der Waals surface area contributed by atoms with Crippen LogP contribution in [0, 0.1) is 11.6 Å². The van der Waals surface area contributed by atoms with Crippen LogP contribution in [0.3, 0.4) is 0 Å². The molecular weight excluding hydrogens is 640 g/mol. The average Bonchev–Trinajstić information content (AvgIpc) is 3.76. The summed E-state index contributed by atoms with van der Waals surface area (Å²) in [6.45, 7) is 4.77. The summed E-state index contributed by atoms with van der Waals surface area (Å²) in [7, 11) is 1.33. The highest BCUT2D eigenvalue weighted by molar-refractivity contribution is 6.30. The quantitative estimate of drug-likeness (QED) is 0.146. The molecule has 0 fully saturated rings. The van der Waals surface area contributed by atoms with Crippen molar-refractivity contribution in [1.29, 1.82) is 0 Å². The van der Waals surface area contributed by atoms with Crippen molar-refractivity contribution in [2.24, 2.45) is 0 Å². The van der Waals surface area contributed by atoms with Gasteiger partial charge in [-0.15, -0.1) is 10.2 Å². The zero-order valence-electron chi connectivity index (χ0n) is 26.3. The first-order chi connectivity index (χ1) is 23.2. The Kier molecular flexibility index (Phi) is 8.08. The highest BCUT2D eigenvalue weighted by Crippen LogP contribution is 2.50. The number of carbonyl (C=O) groups excluding carboxylic acids is 1. The summed E-state index contributed by atoms with van der Waals surface area (Å²) >= 11 is 5.95. The fourth-order valence-electron chi connectivity index (χ4n) is 6.08. The molecule has 1 aliphatic rings. The Morgan fingerprint density at radius 3 is 2.60 bits per heavy atom. The van der Waals surface area contributed by atoms with Crippen molar-refractivity contribution in [2.75, 3.05) is 7.11 Å². The number of hydrogen-bond donors (Lipinski definition) is 0. The maximum absolute atomic E-state index is 16.0. The third-order valence-corrected chi connectivity index (χ3v) is 8.63. The van der Waals surface area contributed by atoms with E-state index < -0.39 is 23.4 Å². The predicted octanol–water partition coefficient (Wildman–Crippen LogP) is 7.71. The molecule has 0 spiro atoms. The smallest absolute Gasteiger partial charge is 0.337 e. The van der Waals surface area contributed by atoms with Crippen molar-refractivity contribution in [2.45, 2.75) is 45.6 Å². The minimum atomic E-state index is -1.47. The number of fused-ring (bicyclic) bond motifs is 2. The minimum absolute atomic E-state index is 0.166. The summed E-state index contributed by atoms with van der Waals surface area (Å²) in [5, 5.41) is 8.67. The second kappa shape index (κ2) is 12.4. The lowest BCUT2D eigenvalue weighted by Gasteiger charge is -2.24. The number of nitrogens with zero attached hydrogens (tertiary/aromatic N) is 5. The number of halogens is 3. The number of rotatable bonds is 9. The molecule has 0 bridgehead atoms. The van der Waals surface area contributed by atoms with E-state index in [1.807, 2.05) is 15.2 Å². The molecule has 1 aliphatic heterocycles. The van der Waals surface area contributed by atoms with E-state index in [2.05, 4.69) is 17.1 Å². The number of esters is 1. The van der Waals surface area contributed by atoms with Crippen molar-refractivity contribution >= 4 is 28.6 Å². The van der Waals surface area contributed by atoms with E-state index in [0.29, 0.717) is 63.6 Å². The van der Waals surface area contributed by atoms with Crippen LogP contribution in [0.25, 0.3) is 22.2 Å². The van der Waals surface area contributed by atoms with Gasteiger partial charge in [0.15, 0.2) is 17.3 Å². The lowest BCUT2D eigenvalue weighted by atomic mass is 10.0. The molecule has 0 amide bonds. The van der Waals surface area contributed by atoms with Crippen LogP contribution >= 0.6 is 11.6 Å². The second-order valence-corrected chi connectivity index (χ2v) is 12.1. The maximum Gasteiger partial charge on any atom is 0.337 e. The average molecular weight is 670 g/mol. The van der Waals surface area contributed by atoms with Crippen LogP contribution in [0.2, 0.25) is 5.02 Å². The fourth-order valence-corrected chi connectivity index (χ4v) is 6.23. The first-order valence-electron chi connectivity index (χ1n) is 15.4. The molecule has 7 rings (SSSR count).